The summed E-state index contributed by atoms with van der Waals surface area (Å²) in [4.78, 5) is 54.2. The molecule has 1 aromatic rings. The van der Waals surface area contributed by atoms with Gasteiger partial charge >= 0.3 is 5.97 Å². The quantitative estimate of drug-likeness (QED) is 0.148. The lowest BCUT2D eigenvalue weighted by molar-refractivity contribution is -0.141. The second kappa shape index (κ2) is 12.3. The van der Waals surface area contributed by atoms with E-state index < -0.39 is 54.5 Å². The van der Waals surface area contributed by atoms with E-state index in [0.29, 0.717) is 5.69 Å². The molecular formula is C15H24N6O6S2. The van der Waals surface area contributed by atoms with Gasteiger partial charge in [0, 0.05) is 29.8 Å². The topological polar surface area (TPSA) is 200 Å². The lowest BCUT2D eigenvalue weighted by atomic mass is 10.1. The fourth-order valence-electron chi connectivity index (χ4n) is 2.12. The molecule has 162 valence electrons. The fourth-order valence-corrected chi connectivity index (χ4v) is 2.63. The van der Waals surface area contributed by atoms with E-state index in [2.05, 4.69) is 51.2 Å². The van der Waals surface area contributed by atoms with Crippen LogP contribution in [0.15, 0.2) is 12.5 Å². The van der Waals surface area contributed by atoms with Gasteiger partial charge in [0.05, 0.1) is 19.0 Å². The summed E-state index contributed by atoms with van der Waals surface area (Å²) in [5, 5.41) is 25.1. The van der Waals surface area contributed by atoms with Crippen LogP contribution in [-0.4, -0.2) is 86.2 Å². The molecule has 1 rings (SSSR count). The van der Waals surface area contributed by atoms with Gasteiger partial charge in [-0.2, -0.15) is 25.3 Å². The summed E-state index contributed by atoms with van der Waals surface area (Å²) in [5.74, 6) is -3.95. The Labute approximate surface area is 177 Å². The maximum atomic E-state index is 12.4. The van der Waals surface area contributed by atoms with Gasteiger partial charge in [0.2, 0.25) is 17.7 Å². The van der Waals surface area contributed by atoms with Gasteiger partial charge in [0.15, 0.2) is 0 Å². The van der Waals surface area contributed by atoms with Gasteiger partial charge in [-0.15, -0.1) is 0 Å². The molecule has 0 saturated carbocycles. The molecule has 3 amide bonds. The Kier molecular flexibility index (Phi) is 10.5. The Bertz CT molecular complexity index is 703. The lowest BCUT2D eigenvalue weighted by Crippen LogP contribution is -2.58. The van der Waals surface area contributed by atoms with Crippen molar-refractivity contribution in [2.24, 2.45) is 5.73 Å². The third kappa shape index (κ3) is 7.92. The van der Waals surface area contributed by atoms with Gasteiger partial charge in [0.1, 0.15) is 18.1 Å². The molecule has 4 unspecified atom stereocenters. The van der Waals surface area contributed by atoms with Crippen molar-refractivity contribution < 1.29 is 29.4 Å². The maximum absolute atomic E-state index is 12.4. The van der Waals surface area contributed by atoms with Gasteiger partial charge < -0.3 is 36.9 Å². The van der Waals surface area contributed by atoms with Crippen LogP contribution in [0, 0.1) is 0 Å². The number of carbonyl (C=O) groups is 4. The minimum Gasteiger partial charge on any atom is -0.480 e. The number of carboxylic acids is 1. The van der Waals surface area contributed by atoms with Crippen LogP contribution in [0.3, 0.4) is 0 Å². The highest BCUT2D eigenvalue weighted by Gasteiger charge is 2.29. The van der Waals surface area contributed by atoms with Crippen LogP contribution in [0.5, 0.6) is 0 Å². The van der Waals surface area contributed by atoms with E-state index in [-0.39, 0.29) is 17.9 Å². The molecule has 12 nitrogen and oxygen atoms in total. The molecule has 1 heterocycles. The van der Waals surface area contributed by atoms with Crippen LogP contribution in [0.25, 0.3) is 0 Å². The molecule has 14 heteroatoms. The van der Waals surface area contributed by atoms with E-state index in [1.165, 1.54) is 12.5 Å². The summed E-state index contributed by atoms with van der Waals surface area (Å²) in [7, 11) is 0. The second-order valence-electron chi connectivity index (χ2n) is 5.96. The standard InChI is InChI=1S/C15H24N6O6S2/c16-8(1-7-2-17-6-18-7)12(23)20-10(4-28)14(25)19-9(3-22)13(24)21-11(5-29)15(26)27/h2,6,8-11,22,28-29H,1,3-5,16H2,(H,17,18)(H,19,25)(H,20,23)(H,21,24)(H,26,27). The number of hydrogen-bond acceptors (Lipinski definition) is 9. The van der Waals surface area contributed by atoms with E-state index >= 15 is 0 Å². The molecule has 0 radical (unpaired) electrons. The molecule has 0 spiro atoms. The zero-order valence-electron chi connectivity index (χ0n) is 15.2. The highest BCUT2D eigenvalue weighted by atomic mass is 32.1. The number of amides is 3. The number of H-pyrrole nitrogens is 1. The minimum atomic E-state index is -1.43. The number of nitrogens with zero attached hydrogens (tertiary/aromatic N) is 1. The van der Waals surface area contributed by atoms with Gasteiger partial charge in [0.25, 0.3) is 0 Å². The molecular weight excluding hydrogens is 424 g/mol. The molecule has 4 atom stereocenters. The van der Waals surface area contributed by atoms with Gasteiger partial charge in [-0.3, -0.25) is 14.4 Å². The molecule has 29 heavy (non-hydrogen) atoms. The van der Waals surface area contributed by atoms with Crippen molar-refractivity contribution in [1.29, 1.82) is 0 Å². The third-order valence-electron chi connectivity index (χ3n) is 3.76. The van der Waals surface area contributed by atoms with E-state index in [4.69, 9.17) is 10.8 Å². The molecule has 0 fully saturated rings. The number of aromatic nitrogens is 2. The van der Waals surface area contributed by atoms with Crippen molar-refractivity contribution in [3.05, 3.63) is 18.2 Å². The first kappa shape index (κ1) is 24.7. The number of aliphatic hydroxyl groups is 1. The molecule has 0 aromatic carbocycles. The third-order valence-corrected chi connectivity index (χ3v) is 4.49. The molecule has 0 aliphatic heterocycles. The van der Waals surface area contributed by atoms with Crippen LogP contribution in [0.2, 0.25) is 0 Å². The SMILES string of the molecule is NC(Cc1cnc[nH]1)C(=O)NC(CS)C(=O)NC(CO)C(=O)NC(CS)C(=O)O. The Balaban J connectivity index is 2.66. The molecule has 8 N–H and O–H groups in total. The summed E-state index contributed by atoms with van der Waals surface area (Å²) in [6, 6.07) is -4.82. The van der Waals surface area contributed by atoms with Crippen molar-refractivity contribution in [3.63, 3.8) is 0 Å². The van der Waals surface area contributed by atoms with Crippen LogP contribution >= 0.6 is 25.3 Å². The number of aliphatic carboxylic acids is 1. The van der Waals surface area contributed by atoms with Crippen molar-refractivity contribution in [3.8, 4) is 0 Å². The predicted octanol–water partition coefficient (Wildman–Crippen LogP) is -3.33. The molecule has 0 aliphatic carbocycles. The minimum absolute atomic E-state index is 0.109. The summed E-state index contributed by atoms with van der Waals surface area (Å²) >= 11 is 7.82. The van der Waals surface area contributed by atoms with E-state index in [1.807, 2.05) is 0 Å². The first-order valence-corrected chi connectivity index (χ1v) is 9.69. The average molecular weight is 449 g/mol. The number of thiol groups is 2. The zero-order chi connectivity index (χ0) is 22.0. The van der Waals surface area contributed by atoms with E-state index in [1.54, 1.807) is 0 Å². The van der Waals surface area contributed by atoms with Crippen LogP contribution < -0.4 is 21.7 Å². The van der Waals surface area contributed by atoms with Crippen LogP contribution in [0.4, 0.5) is 0 Å². The first-order chi connectivity index (χ1) is 13.7. The fraction of sp³-hybridized carbons (Fsp3) is 0.533. The number of nitrogens with one attached hydrogen (secondary N) is 4. The number of rotatable bonds is 12. The van der Waals surface area contributed by atoms with Crippen molar-refractivity contribution in [1.82, 2.24) is 25.9 Å². The van der Waals surface area contributed by atoms with Crippen LogP contribution in [0.1, 0.15) is 5.69 Å². The number of aromatic amines is 1. The second-order valence-corrected chi connectivity index (χ2v) is 6.69. The van der Waals surface area contributed by atoms with Gasteiger partial charge in [-0.25, -0.2) is 9.78 Å². The number of hydrogen-bond donors (Lipinski definition) is 9. The summed E-state index contributed by atoms with van der Waals surface area (Å²) < 4.78 is 0. The normalized spacial score (nSPS) is 14.9. The lowest BCUT2D eigenvalue weighted by Gasteiger charge is -2.23. The zero-order valence-corrected chi connectivity index (χ0v) is 17.0. The van der Waals surface area contributed by atoms with Gasteiger partial charge in [-0.05, 0) is 0 Å². The number of carboxylic acid groups (broad SMARTS) is 1. The Hall–Kier alpha value is -2.29. The number of carbonyl (C=O) groups excluding carboxylic acids is 3. The van der Waals surface area contributed by atoms with E-state index in [0.717, 1.165) is 0 Å². The largest absolute Gasteiger partial charge is 0.480 e. The highest BCUT2D eigenvalue weighted by molar-refractivity contribution is 7.80. The van der Waals surface area contributed by atoms with Crippen LogP contribution in [-0.2, 0) is 25.6 Å². The molecule has 0 aliphatic rings. The summed E-state index contributed by atoms with van der Waals surface area (Å²) in [6.45, 7) is -0.789. The first-order valence-electron chi connectivity index (χ1n) is 8.42. The Morgan fingerprint density at radius 1 is 1.03 bits per heavy atom. The smallest absolute Gasteiger partial charge is 0.327 e. The summed E-state index contributed by atoms with van der Waals surface area (Å²) in [6.07, 6.45) is 3.11. The molecule has 0 saturated heterocycles. The highest BCUT2D eigenvalue weighted by Crippen LogP contribution is 1.99. The maximum Gasteiger partial charge on any atom is 0.327 e. The average Bonchev–Trinajstić information content (AvgIpc) is 3.20. The number of aliphatic hydroxyl groups excluding tert-OH is 1. The number of nitrogens with two attached hydrogens (primary N) is 1. The van der Waals surface area contributed by atoms with Gasteiger partial charge in [-0.1, -0.05) is 0 Å². The predicted molar refractivity (Wildman–Crippen MR) is 108 cm³/mol. The molecule has 0 bridgehead atoms. The Morgan fingerprint density at radius 3 is 2.07 bits per heavy atom. The monoisotopic (exact) mass is 448 g/mol. The Morgan fingerprint density at radius 2 is 1.59 bits per heavy atom. The van der Waals surface area contributed by atoms with Crippen molar-refractivity contribution >= 4 is 48.9 Å². The van der Waals surface area contributed by atoms with E-state index in [9.17, 15) is 24.3 Å². The summed E-state index contributed by atoms with van der Waals surface area (Å²) in [5.41, 5.74) is 6.44. The van der Waals surface area contributed by atoms with Crippen molar-refractivity contribution in [2.75, 3.05) is 18.1 Å². The van der Waals surface area contributed by atoms with Crippen molar-refractivity contribution in [2.45, 2.75) is 30.6 Å². The molecule has 1 aromatic heterocycles. The number of imidazole rings is 1.